The van der Waals surface area contributed by atoms with Gasteiger partial charge < -0.3 is 38.9 Å². The summed E-state index contributed by atoms with van der Waals surface area (Å²) in [6.45, 7) is 7.47. The molecule has 4 aliphatic rings. The molecule has 66 heavy (non-hydrogen) atoms. The minimum absolute atomic E-state index is 0.0511. The molecule has 0 bridgehead atoms. The fourth-order valence-corrected chi connectivity index (χ4v) is 10.6. The predicted octanol–water partition coefficient (Wildman–Crippen LogP) is 10.7. The van der Waals surface area contributed by atoms with E-state index >= 15 is 4.79 Å². The van der Waals surface area contributed by atoms with Crippen molar-refractivity contribution in [1.82, 2.24) is 4.90 Å². The van der Waals surface area contributed by atoms with Crippen molar-refractivity contribution in [3.63, 3.8) is 0 Å². The second kappa shape index (κ2) is 22.1. The van der Waals surface area contributed by atoms with Gasteiger partial charge in [0.15, 0.2) is 0 Å². The van der Waals surface area contributed by atoms with Gasteiger partial charge in [-0.2, -0.15) is 5.26 Å². The second-order valence-corrected chi connectivity index (χ2v) is 17.9. The number of unbranched alkanes of at least 4 members (excludes halogenated alkanes) is 2. The third kappa shape index (κ3) is 10.1. The summed E-state index contributed by atoms with van der Waals surface area (Å²) in [6, 6.07) is 32.6. The van der Waals surface area contributed by atoms with Gasteiger partial charge in [0.25, 0.3) is 5.91 Å². The first kappa shape index (κ1) is 46.7. The number of nitriles is 1. The minimum atomic E-state index is -1.41. The molecule has 2 heterocycles. The van der Waals surface area contributed by atoms with Crippen molar-refractivity contribution in [3.8, 4) is 34.4 Å². The van der Waals surface area contributed by atoms with E-state index in [9.17, 15) is 15.5 Å². The highest BCUT2D eigenvalue weighted by molar-refractivity contribution is 6.03. The van der Waals surface area contributed by atoms with Crippen LogP contribution in [0.25, 0.3) is 11.1 Å². The third-order valence-electron chi connectivity index (χ3n) is 13.6. The summed E-state index contributed by atoms with van der Waals surface area (Å²) in [5.41, 5.74) is 5.78. The Hall–Kier alpha value is -5.77. The molecule has 2 aliphatic carbocycles. The van der Waals surface area contributed by atoms with Crippen LogP contribution in [-0.2, 0) is 14.3 Å². The molecule has 1 amide bonds. The highest BCUT2D eigenvalue weighted by atomic mass is 16.8. The smallest absolute Gasteiger partial charge is 0.254 e. The van der Waals surface area contributed by atoms with Gasteiger partial charge in [-0.3, -0.25) is 4.79 Å². The number of hydrogen-bond acceptors (Lipinski definition) is 10. The maximum atomic E-state index is 15.0. The van der Waals surface area contributed by atoms with Crippen LogP contribution < -0.4 is 9.47 Å². The van der Waals surface area contributed by atoms with Gasteiger partial charge in [-0.15, -0.1) is 6.58 Å². The van der Waals surface area contributed by atoms with Crippen molar-refractivity contribution in [2.45, 2.75) is 102 Å². The molecule has 1 saturated heterocycles. The van der Waals surface area contributed by atoms with Gasteiger partial charge in [0.1, 0.15) is 23.3 Å². The number of aliphatic hydroxyl groups is 2. The summed E-state index contributed by atoms with van der Waals surface area (Å²) in [5.74, 6) is -0.167. The van der Waals surface area contributed by atoms with E-state index in [1.165, 1.54) is 0 Å². The molecule has 7 atom stereocenters. The highest BCUT2D eigenvalue weighted by Crippen LogP contribution is 2.62. The van der Waals surface area contributed by atoms with E-state index in [0.717, 1.165) is 72.9 Å². The standard InChI is InChI=1S/C55H63N3O8/c1-3-29-58(54(61)41-21-19-38(37-56)20-22-41)50-36-48(57-66-51-18-10-13-33-62-51)46-34-42(16-8-11-30-59)45(17-9-12-31-60)52-47-35-44(27-28-49(47)65-55(50,53(46)52)63-32-4-2)64-43-25-23-40(24-26-43)39-14-6-5-7-15-39/h4-7,14-15,19-28,34-35,42,45,50-53,59-60H,2-3,8-13,16-18,29-33,36H2,1H3. The maximum Gasteiger partial charge on any atom is 0.254 e. The molecule has 4 aromatic carbocycles. The molecule has 1 saturated carbocycles. The zero-order chi connectivity index (χ0) is 45.9. The topological polar surface area (TPSA) is 143 Å². The van der Waals surface area contributed by atoms with Crippen LogP contribution >= 0.6 is 0 Å². The van der Waals surface area contributed by atoms with E-state index in [1.54, 1.807) is 30.3 Å². The molecule has 11 heteroatoms. The van der Waals surface area contributed by atoms with Crippen molar-refractivity contribution < 1.29 is 38.8 Å². The quantitative estimate of drug-likeness (QED) is 0.0503. The molecule has 2 N–H and O–H groups in total. The van der Waals surface area contributed by atoms with Gasteiger partial charge in [0, 0.05) is 49.6 Å². The number of benzene rings is 4. The Kier molecular flexibility index (Phi) is 15.7. The van der Waals surface area contributed by atoms with E-state index in [-0.39, 0.29) is 49.9 Å². The lowest BCUT2D eigenvalue weighted by Crippen LogP contribution is -2.70. The summed E-state index contributed by atoms with van der Waals surface area (Å²) in [6.07, 6.45) is 11.8. The van der Waals surface area contributed by atoms with Gasteiger partial charge in [0.2, 0.25) is 12.1 Å². The average molecular weight is 894 g/mol. The number of oxime groups is 1. The fraction of sp³-hybridized carbons (Fsp3) is 0.436. The molecule has 0 aromatic heterocycles. The maximum absolute atomic E-state index is 15.0. The van der Waals surface area contributed by atoms with Crippen LogP contribution in [0, 0.1) is 29.1 Å². The zero-order valence-corrected chi connectivity index (χ0v) is 38.1. The number of ether oxygens (including phenoxy) is 4. The molecule has 11 nitrogen and oxygen atoms in total. The number of amides is 1. The lowest BCUT2D eigenvalue weighted by atomic mass is 9.55. The van der Waals surface area contributed by atoms with Crippen molar-refractivity contribution in [3.05, 3.63) is 138 Å². The summed E-state index contributed by atoms with van der Waals surface area (Å²) in [5, 5.41) is 34.6. The Morgan fingerprint density at radius 2 is 1.68 bits per heavy atom. The molecular formula is C55H63N3O8. The number of carbonyl (C=O) groups excluding carboxylic acids is 1. The van der Waals surface area contributed by atoms with Crippen LogP contribution in [0.5, 0.6) is 17.2 Å². The van der Waals surface area contributed by atoms with E-state index in [4.69, 9.17) is 28.9 Å². The van der Waals surface area contributed by atoms with E-state index < -0.39 is 24.0 Å². The second-order valence-electron chi connectivity index (χ2n) is 17.9. The van der Waals surface area contributed by atoms with E-state index in [1.807, 2.05) is 54.3 Å². The minimum Gasteiger partial charge on any atom is -0.459 e. The fourth-order valence-electron chi connectivity index (χ4n) is 10.6. The number of fused-ring (bicyclic) bond motifs is 2. The molecule has 0 radical (unpaired) electrons. The number of hydrogen-bond donors (Lipinski definition) is 2. The molecule has 2 aliphatic heterocycles. The van der Waals surface area contributed by atoms with Crippen molar-refractivity contribution in [2.24, 2.45) is 22.9 Å². The van der Waals surface area contributed by atoms with Gasteiger partial charge in [-0.1, -0.05) is 79.5 Å². The first-order valence-electron chi connectivity index (χ1n) is 23.9. The Morgan fingerprint density at radius 3 is 2.38 bits per heavy atom. The molecule has 8 rings (SSSR count). The molecule has 2 fully saturated rings. The van der Waals surface area contributed by atoms with Gasteiger partial charge in [-0.25, -0.2) is 0 Å². The number of aliphatic hydroxyl groups excluding tert-OH is 2. The first-order valence-corrected chi connectivity index (χ1v) is 23.9. The SMILES string of the molecule is C=CCOC12Oc3ccc(Oc4ccc(-c5ccccc5)cc4)cc3C3C(CCCCO)C(CCCCO)C=C(C(=NOC4CCCCO4)CC1N(CCC)C(=O)c1ccc(C#N)cc1)C32. The van der Waals surface area contributed by atoms with Crippen LogP contribution in [0.1, 0.15) is 105 Å². The normalized spacial score (nSPS) is 24.8. The molecular weight excluding hydrogens is 831 g/mol. The molecule has 4 aromatic rings. The van der Waals surface area contributed by atoms with Crippen LogP contribution in [0.2, 0.25) is 0 Å². The van der Waals surface area contributed by atoms with E-state index in [0.29, 0.717) is 60.8 Å². The van der Waals surface area contributed by atoms with Crippen LogP contribution in [0.15, 0.2) is 127 Å². The summed E-state index contributed by atoms with van der Waals surface area (Å²) < 4.78 is 27.3. The highest BCUT2D eigenvalue weighted by Gasteiger charge is 2.65. The Labute approximate surface area is 389 Å². The van der Waals surface area contributed by atoms with Crippen LogP contribution in [-0.4, -0.2) is 77.8 Å². The third-order valence-corrected chi connectivity index (χ3v) is 13.6. The Balaban J connectivity index is 1.30. The Bertz CT molecular complexity index is 2350. The summed E-state index contributed by atoms with van der Waals surface area (Å²) in [4.78, 5) is 23.2. The number of rotatable bonds is 20. The zero-order valence-electron chi connectivity index (χ0n) is 38.1. The molecule has 0 spiro atoms. The molecule has 346 valence electrons. The lowest BCUT2D eigenvalue weighted by Gasteiger charge is -2.60. The molecule has 7 unspecified atom stereocenters. The Morgan fingerprint density at radius 1 is 0.939 bits per heavy atom. The van der Waals surface area contributed by atoms with Crippen molar-refractivity contribution in [2.75, 3.05) is 33.0 Å². The first-order chi connectivity index (χ1) is 32.4. The van der Waals surface area contributed by atoms with Crippen LogP contribution in [0.4, 0.5) is 0 Å². The number of nitrogens with zero attached hydrogens (tertiary/aromatic N) is 3. The lowest BCUT2D eigenvalue weighted by molar-refractivity contribution is -0.254. The summed E-state index contributed by atoms with van der Waals surface area (Å²) in [7, 11) is 0. The van der Waals surface area contributed by atoms with Crippen LogP contribution in [0.3, 0.4) is 0 Å². The predicted molar refractivity (Wildman–Crippen MR) is 254 cm³/mol. The number of carbonyl (C=O) groups is 1. The monoisotopic (exact) mass is 893 g/mol. The van der Waals surface area contributed by atoms with Gasteiger partial charge >= 0.3 is 0 Å². The average Bonchev–Trinajstić information content (AvgIpc) is 3.36. The van der Waals surface area contributed by atoms with Crippen molar-refractivity contribution in [1.29, 1.82) is 5.26 Å². The van der Waals surface area contributed by atoms with Crippen molar-refractivity contribution >= 4 is 11.6 Å². The van der Waals surface area contributed by atoms with Gasteiger partial charge in [-0.05, 0) is 128 Å². The largest absolute Gasteiger partial charge is 0.459 e. The number of allylic oxidation sites excluding steroid dienone is 1. The van der Waals surface area contributed by atoms with Gasteiger partial charge in [0.05, 0.1) is 36.5 Å². The van der Waals surface area contributed by atoms with E-state index in [2.05, 4.69) is 49.1 Å². The summed E-state index contributed by atoms with van der Waals surface area (Å²) >= 11 is 0.